The zero-order chi connectivity index (χ0) is 17.3. The number of hydrogen-bond donors (Lipinski definition) is 2. The molecule has 1 saturated carbocycles. The summed E-state index contributed by atoms with van der Waals surface area (Å²) in [6.07, 6.45) is -2.81. The second kappa shape index (κ2) is 6.39. The molecule has 2 N–H and O–H groups in total. The van der Waals surface area contributed by atoms with Crippen molar-refractivity contribution in [3.8, 4) is 0 Å². The number of alkyl halides is 3. The van der Waals surface area contributed by atoms with Crippen LogP contribution in [0.2, 0.25) is 0 Å². The van der Waals surface area contributed by atoms with Crippen molar-refractivity contribution in [1.82, 2.24) is 15.1 Å². The summed E-state index contributed by atoms with van der Waals surface area (Å²) in [6, 6.07) is 2.43. The molecule has 0 spiro atoms. The van der Waals surface area contributed by atoms with E-state index in [4.69, 9.17) is 4.52 Å². The van der Waals surface area contributed by atoms with Gasteiger partial charge in [0, 0.05) is 30.3 Å². The molecule has 0 amide bonds. The quantitative estimate of drug-likeness (QED) is 0.889. The zero-order valence-corrected chi connectivity index (χ0v) is 12.9. The van der Waals surface area contributed by atoms with Crippen molar-refractivity contribution < 1.29 is 22.8 Å². The van der Waals surface area contributed by atoms with Crippen LogP contribution in [-0.2, 0) is 6.18 Å². The predicted molar refractivity (Wildman–Crippen MR) is 78.2 cm³/mol. The van der Waals surface area contributed by atoms with Crippen molar-refractivity contribution in [2.75, 3.05) is 11.9 Å². The van der Waals surface area contributed by atoms with Crippen molar-refractivity contribution in [3.05, 3.63) is 35.7 Å². The average molecular weight is 342 g/mol. The van der Waals surface area contributed by atoms with Crippen LogP contribution >= 0.6 is 0 Å². The van der Waals surface area contributed by atoms with Crippen LogP contribution in [0.3, 0.4) is 0 Å². The smallest absolute Gasteiger partial charge is 0.393 e. The van der Waals surface area contributed by atoms with E-state index in [9.17, 15) is 18.3 Å². The summed E-state index contributed by atoms with van der Waals surface area (Å²) < 4.78 is 43.1. The molecule has 6 nitrogen and oxygen atoms in total. The van der Waals surface area contributed by atoms with E-state index in [-0.39, 0.29) is 11.8 Å². The van der Waals surface area contributed by atoms with Crippen LogP contribution in [0.4, 0.5) is 18.9 Å². The Hall–Kier alpha value is -2.16. The van der Waals surface area contributed by atoms with E-state index < -0.39 is 18.0 Å². The number of aliphatic hydroxyl groups is 1. The van der Waals surface area contributed by atoms with Gasteiger partial charge in [0.2, 0.25) is 5.89 Å². The molecule has 2 heterocycles. The van der Waals surface area contributed by atoms with Crippen molar-refractivity contribution >= 4 is 5.69 Å². The minimum atomic E-state index is -4.48. The number of aliphatic hydroxyl groups excluding tert-OH is 1. The molecular weight excluding hydrogens is 325 g/mol. The van der Waals surface area contributed by atoms with Crippen LogP contribution in [0.1, 0.15) is 36.2 Å². The molecule has 1 fully saturated rings. The Kier molecular flexibility index (Phi) is 4.44. The highest BCUT2D eigenvalue weighted by Gasteiger charge is 2.37. The standard InChI is InChI=1S/C15H17F3N4O2/c1-8-21-14(24-22-8)9-4-10(12(23)5-9)7-20-11-2-3-19-13(6-11)15(16,17)18/h2-3,6,9-10,12,23H,4-5,7H2,1H3,(H,19,20)/t9-,10+,12+/m0/s1. The molecule has 0 radical (unpaired) electrons. The fourth-order valence-corrected chi connectivity index (χ4v) is 2.95. The first-order chi connectivity index (χ1) is 11.3. The summed E-state index contributed by atoms with van der Waals surface area (Å²) >= 11 is 0. The van der Waals surface area contributed by atoms with Gasteiger partial charge in [-0.15, -0.1) is 0 Å². The van der Waals surface area contributed by atoms with Crippen LogP contribution in [0.15, 0.2) is 22.9 Å². The van der Waals surface area contributed by atoms with E-state index in [1.54, 1.807) is 6.92 Å². The molecular formula is C15H17F3N4O2. The third-order valence-corrected chi connectivity index (χ3v) is 4.17. The Morgan fingerprint density at radius 1 is 1.38 bits per heavy atom. The van der Waals surface area contributed by atoms with E-state index in [1.165, 1.54) is 6.07 Å². The highest BCUT2D eigenvalue weighted by atomic mass is 19.4. The fraction of sp³-hybridized carbons (Fsp3) is 0.533. The maximum atomic E-state index is 12.7. The Morgan fingerprint density at radius 2 is 2.17 bits per heavy atom. The molecule has 0 unspecified atom stereocenters. The van der Waals surface area contributed by atoms with E-state index in [1.807, 2.05) is 0 Å². The van der Waals surface area contributed by atoms with Crippen LogP contribution in [0, 0.1) is 12.8 Å². The van der Waals surface area contributed by atoms with Crippen molar-refractivity contribution in [2.45, 2.75) is 38.0 Å². The SMILES string of the molecule is Cc1noc([C@H]2C[C@H](CNc3ccnc(C(F)(F)F)c3)[C@H](O)C2)n1. The Bertz CT molecular complexity index is 704. The average Bonchev–Trinajstić information content (AvgIpc) is 3.11. The van der Waals surface area contributed by atoms with Gasteiger partial charge in [-0.2, -0.15) is 18.2 Å². The molecule has 3 rings (SSSR count). The molecule has 2 aromatic rings. The van der Waals surface area contributed by atoms with Crippen molar-refractivity contribution in [1.29, 1.82) is 0 Å². The monoisotopic (exact) mass is 342 g/mol. The first-order valence-corrected chi connectivity index (χ1v) is 7.58. The summed E-state index contributed by atoms with van der Waals surface area (Å²) in [6.45, 7) is 2.07. The largest absolute Gasteiger partial charge is 0.433 e. The van der Waals surface area contributed by atoms with E-state index >= 15 is 0 Å². The van der Waals surface area contributed by atoms with Gasteiger partial charge in [-0.1, -0.05) is 5.16 Å². The van der Waals surface area contributed by atoms with E-state index in [0.717, 1.165) is 12.3 Å². The Balaban J connectivity index is 1.61. The first-order valence-electron chi connectivity index (χ1n) is 7.58. The summed E-state index contributed by atoms with van der Waals surface area (Å²) in [7, 11) is 0. The van der Waals surface area contributed by atoms with Gasteiger partial charge < -0.3 is 14.9 Å². The topological polar surface area (TPSA) is 84.1 Å². The summed E-state index contributed by atoms with van der Waals surface area (Å²) in [5, 5.41) is 16.8. The zero-order valence-electron chi connectivity index (χ0n) is 12.9. The summed E-state index contributed by atoms with van der Waals surface area (Å²) in [5.74, 6) is 0.899. The van der Waals surface area contributed by atoms with Gasteiger partial charge in [0.15, 0.2) is 5.82 Å². The lowest BCUT2D eigenvalue weighted by Gasteiger charge is -2.16. The molecule has 0 saturated heterocycles. The number of anilines is 1. The summed E-state index contributed by atoms with van der Waals surface area (Å²) in [4.78, 5) is 7.49. The number of halogens is 3. The predicted octanol–water partition coefficient (Wildman–Crippen LogP) is 2.76. The van der Waals surface area contributed by atoms with Crippen LogP contribution in [0.25, 0.3) is 0 Å². The van der Waals surface area contributed by atoms with Gasteiger partial charge >= 0.3 is 6.18 Å². The highest BCUT2D eigenvalue weighted by molar-refractivity contribution is 5.43. The van der Waals surface area contributed by atoms with Crippen LogP contribution in [-0.4, -0.2) is 32.9 Å². The number of rotatable bonds is 4. The maximum absolute atomic E-state index is 12.7. The second-order valence-electron chi connectivity index (χ2n) is 5.98. The van der Waals surface area contributed by atoms with Crippen molar-refractivity contribution in [2.24, 2.45) is 5.92 Å². The van der Waals surface area contributed by atoms with Crippen molar-refractivity contribution in [3.63, 3.8) is 0 Å². The molecule has 24 heavy (non-hydrogen) atoms. The molecule has 1 aliphatic rings. The second-order valence-corrected chi connectivity index (χ2v) is 5.98. The Labute approximate surface area is 136 Å². The van der Waals surface area contributed by atoms with Gasteiger partial charge in [0.25, 0.3) is 0 Å². The number of nitrogens with zero attached hydrogens (tertiary/aromatic N) is 3. The lowest BCUT2D eigenvalue weighted by atomic mass is 10.0. The number of aromatic nitrogens is 3. The van der Waals surface area contributed by atoms with Gasteiger partial charge in [-0.25, -0.2) is 0 Å². The molecule has 130 valence electrons. The normalized spacial score (nSPS) is 24.3. The summed E-state index contributed by atoms with van der Waals surface area (Å²) in [5.41, 5.74) is -0.625. The molecule has 9 heteroatoms. The van der Waals surface area contributed by atoms with E-state index in [0.29, 0.717) is 36.8 Å². The molecule has 0 aliphatic heterocycles. The number of nitrogens with one attached hydrogen (secondary N) is 1. The van der Waals surface area contributed by atoms with Gasteiger partial charge in [-0.3, -0.25) is 4.98 Å². The highest BCUT2D eigenvalue weighted by Crippen LogP contribution is 2.38. The lowest BCUT2D eigenvalue weighted by Crippen LogP contribution is -2.22. The van der Waals surface area contributed by atoms with Crippen LogP contribution < -0.4 is 5.32 Å². The number of aryl methyl sites for hydroxylation is 1. The molecule has 2 aromatic heterocycles. The van der Waals surface area contributed by atoms with Crippen LogP contribution in [0.5, 0.6) is 0 Å². The minimum Gasteiger partial charge on any atom is -0.393 e. The van der Waals surface area contributed by atoms with E-state index in [2.05, 4.69) is 20.4 Å². The fourth-order valence-electron chi connectivity index (χ4n) is 2.95. The minimum absolute atomic E-state index is 0.0313. The molecule has 1 aliphatic carbocycles. The van der Waals surface area contributed by atoms with Gasteiger partial charge in [0.05, 0.1) is 6.10 Å². The number of pyridine rings is 1. The molecule has 3 atom stereocenters. The van der Waals surface area contributed by atoms with Gasteiger partial charge in [-0.05, 0) is 31.9 Å². The van der Waals surface area contributed by atoms with Gasteiger partial charge in [0.1, 0.15) is 5.69 Å². The third kappa shape index (κ3) is 3.66. The molecule has 0 aromatic carbocycles. The number of hydrogen-bond acceptors (Lipinski definition) is 6. The Morgan fingerprint density at radius 3 is 2.83 bits per heavy atom. The maximum Gasteiger partial charge on any atom is 0.433 e. The third-order valence-electron chi connectivity index (χ3n) is 4.17. The lowest BCUT2D eigenvalue weighted by molar-refractivity contribution is -0.141. The first kappa shape index (κ1) is 16.7. The molecule has 0 bridgehead atoms.